The van der Waals surface area contributed by atoms with Crippen molar-refractivity contribution in [2.75, 3.05) is 0 Å². The molecule has 1 unspecified atom stereocenters. The summed E-state index contributed by atoms with van der Waals surface area (Å²) in [6, 6.07) is 8.42. The molecule has 0 aliphatic heterocycles. The maximum atomic E-state index is 13.6. The van der Waals surface area contributed by atoms with Gasteiger partial charge in [0, 0.05) is 16.6 Å². The lowest BCUT2D eigenvalue weighted by atomic mass is 9.99. The van der Waals surface area contributed by atoms with Crippen LogP contribution >= 0.6 is 27.5 Å². The van der Waals surface area contributed by atoms with E-state index in [0.717, 1.165) is 16.1 Å². The van der Waals surface area contributed by atoms with Crippen LogP contribution in [0.4, 0.5) is 8.78 Å². The number of hydrogen-bond donors (Lipinski definition) is 1. The summed E-state index contributed by atoms with van der Waals surface area (Å²) in [5.74, 6) is -1.20. The summed E-state index contributed by atoms with van der Waals surface area (Å²) in [7, 11) is 0. The monoisotopic (exact) mass is 345 g/mol. The van der Waals surface area contributed by atoms with Crippen LogP contribution in [0.25, 0.3) is 0 Å². The molecule has 0 bridgehead atoms. The summed E-state index contributed by atoms with van der Waals surface area (Å²) in [5.41, 5.74) is 7.13. The molecule has 0 saturated carbocycles. The predicted molar refractivity (Wildman–Crippen MR) is 76.1 cm³/mol. The van der Waals surface area contributed by atoms with E-state index in [9.17, 15) is 8.78 Å². The fourth-order valence-electron chi connectivity index (χ4n) is 1.84. The Morgan fingerprint density at radius 2 is 1.95 bits per heavy atom. The van der Waals surface area contributed by atoms with E-state index in [0.29, 0.717) is 10.6 Å². The van der Waals surface area contributed by atoms with Gasteiger partial charge in [0.25, 0.3) is 0 Å². The molecular weight excluding hydrogens is 336 g/mol. The van der Waals surface area contributed by atoms with Crippen molar-refractivity contribution in [3.63, 3.8) is 0 Å². The SMILES string of the molecule is NC(Cc1ccc(F)cc1F)c1cccc(Br)c1Cl. The molecule has 0 fully saturated rings. The number of hydrogen-bond acceptors (Lipinski definition) is 1. The standard InChI is InChI=1S/C14H11BrClF2N/c15-11-3-1-2-10(14(11)16)13(19)6-8-4-5-9(17)7-12(8)18/h1-5,7,13H,6,19H2. The Morgan fingerprint density at radius 1 is 1.21 bits per heavy atom. The second kappa shape index (κ2) is 5.99. The normalized spacial score (nSPS) is 12.5. The van der Waals surface area contributed by atoms with Gasteiger partial charge in [-0.25, -0.2) is 8.78 Å². The minimum atomic E-state index is -0.602. The Bertz CT molecular complexity index is 604. The van der Waals surface area contributed by atoms with Crippen LogP contribution in [0.2, 0.25) is 5.02 Å². The third-order valence-electron chi connectivity index (χ3n) is 2.84. The van der Waals surface area contributed by atoms with Gasteiger partial charge in [0.15, 0.2) is 0 Å². The maximum absolute atomic E-state index is 13.6. The first kappa shape index (κ1) is 14.4. The molecule has 2 aromatic rings. The number of halogens is 4. The number of benzene rings is 2. The molecule has 0 aliphatic rings. The van der Waals surface area contributed by atoms with Gasteiger partial charge in [-0.1, -0.05) is 29.8 Å². The van der Waals surface area contributed by atoms with E-state index in [2.05, 4.69) is 15.9 Å². The Balaban J connectivity index is 2.25. The van der Waals surface area contributed by atoms with Gasteiger partial charge in [0.05, 0.1) is 5.02 Å². The molecule has 0 saturated heterocycles. The molecule has 2 N–H and O–H groups in total. The summed E-state index contributed by atoms with van der Waals surface area (Å²) in [6.45, 7) is 0. The zero-order valence-electron chi connectivity index (χ0n) is 9.84. The van der Waals surface area contributed by atoms with Crippen molar-refractivity contribution in [2.24, 2.45) is 5.73 Å². The molecule has 0 aromatic heterocycles. The Kier molecular flexibility index (Phi) is 4.55. The largest absolute Gasteiger partial charge is 0.324 e. The first-order chi connectivity index (χ1) is 8.99. The predicted octanol–water partition coefficient (Wildman–Crippen LogP) is 4.62. The zero-order chi connectivity index (χ0) is 14.0. The lowest BCUT2D eigenvalue weighted by Crippen LogP contribution is -2.15. The zero-order valence-corrected chi connectivity index (χ0v) is 12.2. The topological polar surface area (TPSA) is 26.0 Å². The van der Waals surface area contributed by atoms with Crippen molar-refractivity contribution in [3.8, 4) is 0 Å². The molecule has 0 spiro atoms. The summed E-state index contributed by atoms with van der Waals surface area (Å²) in [6.07, 6.45) is 0.252. The number of rotatable bonds is 3. The average Bonchev–Trinajstić information content (AvgIpc) is 2.36. The van der Waals surface area contributed by atoms with Crippen molar-refractivity contribution >= 4 is 27.5 Å². The molecule has 2 rings (SSSR count). The minimum absolute atomic E-state index is 0.252. The van der Waals surface area contributed by atoms with Gasteiger partial charge < -0.3 is 5.73 Å². The van der Waals surface area contributed by atoms with E-state index in [1.54, 1.807) is 12.1 Å². The summed E-state index contributed by atoms with van der Waals surface area (Å²) in [5, 5.41) is 0.512. The molecule has 0 heterocycles. The van der Waals surface area contributed by atoms with Crippen LogP contribution in [0.15, 0.2) is 40.9 Å². The van der Waals surface area contributed by atoms with Gasteiger partial charge in [-0.15, -0.1) is 0 Å². The molecular formula is C14H11BrClF2N. The van der Waals surface area contributed by atoms with Crippen molar-refractivity contribution in [3.05, 3.63) is 68.7 Å². The van der Waals surface area contributed by atoms with E-state index in [4.69, 9.17) is 17.3 Å². The highest BCUT2D eigenvalue weighted by Gasteiger charge is 2.15. The molecule has 0 radical (unpaired) electrons. The summed E-state index contributed by atoms with van der Waals surface area (Å²) < 4.78 is 27.1. The molecule has 0 aliphatic carbocycles. The van der Waals surface area contributed by atoms with Gasteiger partial charge in [-0.3, -0.25) is 0 Å². The van der Waals surface area contributed by atoms with Crippen LogP contribution in [0.3, 0.4) is 0 Å². The molecule has 1 atom stereocenters. The number of nitrogens with two attached hydrogens (primary N) is 1. The van der Waals surface area contributed by atoms with Gasteiger partial charge in [0.1, 0.15) is 11.6 Å². The third kappa shape index (κ3) is 3.32. The molecule has 19 heavy (non-hydrogen) atoms. The van der Waals surface area contributed by atoms with Crippen molar-refractivity contribution < 1.29 is 8.78 Å². The average molecular weight is 347 g/mol. The van der Waals surface area contributed by atoms with Crippen molar-refractivity contribution in [1.29, 1.82) is 0 Å². The van der Waals surface area contributed by atoms with Gasteiger partial charge in [0.2, 0.25) is 0 Å². The van der Waals surface area contributed by atoms with Crippen LogP contribution in [0.5, 0.6) is 0 Å². The highest BCUT2D eigenvalue weighted by molar-refractivity contribution is 9.10. The van der Waals surface area contributed by atoms with E-state index in [-0.39, 0.29) is 6.42 Å². The van der Waals surface area contributed by atoms with Crippen LogP contribution in [-0.4, -0.2) is 0 Å². The van der Waals surface area contributed by atoms with Crippen LogP contribution in [0.1, 0.15) is 17.2 Å². The highest BCUT2D eigenvalue weighted by Crippen LogP contribution is 2.31. The first-order valence-corrected chi connectivity index (χ1v) is 6.79. The van der Waals surface area contributed by atoms with Gasteiger partial charge in [-0.2, -0.15) is 0 Å². The second-order valence-corrected chi connectivity index (χ2v) is 5.42. The fraction of sp³-hybridized carbons (Fsp3) is 0.143. The van der Waals surface area contributed by atoms with Crippen LogP contribution < -0.4 is 5.73 Å². The Labute approximate surface area is 123 Å². The minimum Gasteiger partial charge on any atom is -0.324 e. The van der Waals surface area contributed by atoms with E-state index in [1.807, 2.05) is 6.07 Å². The maximum Gasteiger partial charge on any atom is 0.129 e. The summed E-state index contributed by atoms with van der Waals surface area (Å²) in [4.78, 5) is 0. The van der Waals surface area contributed by atoms with Crippen LogP contribution in [0, 0.1) is 11.6 Å². The van der Waals surface area contributed by atoms with E-state index >= 15 is 0 Å². The molecule has 0 amide bonds. The smallest absolute Gasteiger partial charge is 0.129 e. The lowest BCUT2D eigenvalue weighted by molar-refractivity contribution is 0.563. The Hall–Kier alpha value is -0.970. The van der Waals surface area contributed by atoms with E-state index in [1.165, 1.54) is 12.1 Å². The molecule has 1 nitrogen and oxygen atoms in total. The highest BCUT2D eigenvalue weighted by atomic mass is 79.9. The fourth-order valence-corrected chi connectivity index (χ4v) is 2.49. The van der Waals surface area contributed by atoms with Gasteiger partial charge in [-0.05, 0) is 45.6 Å². The first-order valence-electron chi connectivity index (χ1n) is 5.62. The van der Waals surface area contributed by atoms with E-state index < -0.39 is 17.7 Å². The third-order valence-corrected chi connectivity index (χ3v) is 4.15. The quantitative estimate of drug-likeness (QED) is 0.862. The van der Waals surface area contributed by atoms with Crippen LogP contribution in [-0.2, 0) is 6.42 Å². The lowest BCUT2D eigenvalue weighted by Gasteiger charge is -2.15. The van der Waals surface area contributed by atoms with Crippen molar-refractivity contribution in [2.45, 2.75) is 12.5 Å². The molecule has 2 aromatic carbocycles. The van der Waals surface area contributed by atoms with Gasteiger partial charge >= 0.3 is 0 Å². The molecule has 5 heteroatoms. The second-order valence-electron chi connectivity index (χ2n) is 4.19. The molecule has 100 valence electrons. The Morgan fingerprint density at radius 3 is 2.63 bits per heavy atom. The summed E-state index contributed by atoms with van der Waals surface area (Å²) >= 11 is 9.45. The van der Waals surface area contributed by atoms with Crippen molar-refractivity contribution in [1.82, 2.24) is 0 Å².